The molecule has 0 radical (unpaired) electrons. The van der Waals surface area contributed by atoms with Crippen molar-refractivity contribution < 1.29 is 4.79 Å². The first kappa shape index (κ1) is 17.3. The normalized spacial score (nSPS) is 10.3. The zero-order valence-electron chi connectivity index (χ0n) is 13.2. The highest BCUT2D eigenvalue weighted by molar-refractivity contribution is 6.35. The summed E-state index contributed by atoms with van der Waals surface area (Å²) in [5, 5.41) is 6.93. The van der Waals surface area contributed by atoms with Crippen LogP contribution in [0.5, 0.6) is 0 Å². The first-order valence-electron chi connectivity index (χ1n) is 7.60. The van der Waals surface area contributed by atoms with Gasteiger partial charge in [0.05, 0.1) is 11.3 Å². The highest BCUT2D eigenvalue weighted by atomic mass is 35.5. The summed E-state index contributed by atoms with van der Waals surface area (Å²) in [5.74, 6) is -0.283. The number of hydrogen-bond acceptors (Lipinski definition) is 3. The van der Waals surface area contributed by atoms with Crippen molar-refractivity contribution in [3.63, 3.8) is 0 Å². The number of nitrogens with one attached hydrogen (secondary N) is 2. The van der Waals surface area contributed by atoms with Crippen LogP contribution in [0.25, 0.3) is 0 Å². The molecule has 25 heavy (non-hydrogen) atoms. The van der Waals surface area contributed by atoms with Crippen LogP contribution in [0.2, 0.25) is 10.0 Å². The topological polar surface area (TPSA) is 54.0 Å². The molecule has 126 valence electrons. The number of nitrogens with zero attached hydrogens (tertiary/aromatic N) is 1. The monoisotopic (exact) mass is 371 g/mol. The highest BCUT2D eigenvalue weighted by Gasteiger charge is 2.09. The van der Waals surface area contributed by atoms with E-state index in [9.17, 15) is 4.79 Å². The Kier molecular flexibility index (Phi) is 5.53. The molecule has 2 aromatic carbocycles. The van der Waals surface area contributed by atoms with Crippen molar-refractivity contribution in [2.75, 3.05) is 10.6 Å². The molecule has 0 fully saturated rings. The summed E-state index contributed by atoms with van der Waals surface area (Å²) in [6.45, 7) is 0.650. The third-order valence-electron chi connectivity index (χ3n) is 3.46. The summed E-state index contributed by atoms with van der Waals surface area (Å²) < 4.78 is 0. The molecular weight excluding hydrogens is 357 g/mol. The second kappa shape index (κ2) is 8.01. The maximum absolute atomic E-state index is 12.4. The van der Waals surface area contributed by atoms with Crippen molar-refractivity contribution in [2.24, 2.45) is 0 Å². The average Bonchev–Trinajstić information content (AvgIpc) is 2.60. The van der Waals surface area contributed by atoms with E-state index < -0.39 is 0 Å². The lowest BCUT2D eigenvalue weighted by Crippen LogP contribution is -2.13. The van der Waals surface area contributed by atoms with Gasteiger partial charge in [-0.1, -0.05) is 53.5 Å². The van der Waals surface area contributed by atoms with Crippen LogP contribution in [0.3, 0.4) is 0 Å². The molecule has 3 rings (SSSR count). The Morgan fingerprint density at radius 2 is 1.64 bits per heavy atom. The number of hydrogen-bond donors (Lipinski definition) is 2. The molecule has 4 nitrogen and oxygen atoms in total. The SMILES string of the molecule is O=C(Nc1cc(Cl)cc(Cl)c1)c1cncc(NCc2ccccc2)c1. The van der Waals surface area contributed by atoms with E-state index in [1.54, 1.807) is 30.5 Å². The molecule has 0 unspecified atom stereocenters. The molecule has 6 heteroatoms. The van der Waals surface area contributed by atoms with Crippen molar-refractivity contribution in [1.29, 1.82) is 0 Å². The van der Waals surface area contributed by atoms with E-state index in [2.05, 4.69) is 15.6 Å². The van der Waals surface area contributed by atoms with Gasteiger partial charge in [0.1, 0.15) is 0 Å². The van der Waals surface area contributed by atoms with Gasteiger partial charge in [-0.15, -0.1) is 0 Å². The number of rotatable bonds is 5. The van der Waals surface area contributed by atoms with E-state index in [4.69, 9.17) is 23.2 Å². The molecule has 3 aromatic rings. The minimum absolute atomic E-state index is 0.283. The largest absolute Gasteiger partial charge is 0.380 e. The molecule has 1 aromatic heterocycles. The molecule has 0 aliphatic rings. The van der Waals surface area contributed by atoms with Crippen molar-refractivity contribution in [1.82, 2.24) is 4.98 Å². The summed E-state index contributed by atoms with van der Waals surface area (Å²) in [6.07, 6.45) is 3.19. The molecule has 0 aliphatic heterocycles. The van der Waals surface area contributed by atoms with Gasteiger partial charge in [-0.3, -0.25) is 9.78 Å². The molecule has 0 bridgehead atoms. The van der Waals surface area contributed by atoms with Gasteiger partial charge in [0, 0.05) is 34.7 Å². The van der Waals surface area contributed by atoms with Gasteiger partial charge >= 0.3 is 0 Å². The zero-order chi connectivity index (χ0) is 17.6. The van der Waals surface area contributed by atoms with Gasteiger partial charge in [-0.2, -0.15) is 0 Å². The van der Waals surface area contributed by atoms with Gasteiger partial charge in [-0.25, -0.2) is 0 Å². The average molecular weight is 372 g/mol. The Morgan fingerprint density at radius 1 is 0.920 bits per heavy atom. The maximum atomic E-state index is 12.4. The lowest BCUT2D eigenvalue weighted by atomic mass is 10.2. The quantitative estimate of drug-likeness (QED) is 0.643. The predicted molar refractivity (Wildman–Crippen MR) is 102 cm³/mol. The first-order valence-corrected chi connectivity index (χ1v) is 8.36. The van der Waals surface area contributed by atoms with Crippen LogP contribution >= 0.6 is 23.2 Å². The van der Waals surface area contributed by atoms with Crippen LogP contribution in [0.4, 0.5) is 11.4 Å². The Morgan fingerprint density at radius 3 is 2.36 bits per heavy atom. The van der Waals surface area contributed by atoms with E-state index in [0.717, 1.165) is 11.3 Å². The second-order valence-electron chi connectivity index (χ2n) is 5.41. The van der Waals surface area contributed by atoms with Crippen LogP contribution in [0.1, 0.15) is 15.9 Å². The van der Waals surface area contributed by atoms with Crippen LogP contribution in [-0.4, -0.2) is 10.9 Å². The Labute approximate surface area is 155 Å². The van der Waals surface area contributed by atoms with Crippen molar-refractivity contribution in [3.05, 3.63) is 88.2 Å². The Hall–Kier alpha value is -2.56. The number of halogens is 2. The number of carbonyl (C=O) groups excluding carboxylic acids is 1. The van der Waals surface area contributed by atoms with Crippen molar-refractivity contribution >= 4 is 40.5 Å². The number of carbonyl (C=O) groups is 1. The fourth-order valence-corrected chi connectivity index (χ4v) is 2.82. The smallest absolute Gasteiger partial charge is 0.257 e. The number of amides is 1. The third kappa shape index (κ3) is 4.95. The lowest BCUT2D eigenvalue weighted by Gasteiger charge is -2.09. The molecule has 0 aliphatic carbocycles. The fourth-order valence-electron chi connectivity index (χ4n) is 2.29. The number of aromatic nitrogens is 1. The minimum atomic E-state index is -0.283. The van der Waals surface area contributed by atoms with E-state index in [1.165, 1.54) is 6.20 Å². The summed E-state index contributed by atoms with van der Waals surface area (Å²) >= 11 is 11.9. The van der Waals surface area contributed by atoms with Gasteiger partial charge in [0.25, 0.3) is 5.91 Å². The summed E-state index contributed by atoms with van der Waals surface area (Å²) in [7, 11) is 0. The molecular formula is C19H15Cl2N3O. The highest BCUT2D eigenvalue weighted by Crippen LogP contribution is 2.23. The second-order valence-corrected chi connectivity index (χ2v) is 6.29. The minimum Gasteiger partial charge on any atom is -0.380 e. The molecule has 0 saturated carbocycles. The first-order chi connectivity index (χ1) is 12.1. The molecule has 1 amide bonds. The van der Waals surface area contributed by atoms with Crippen LogP contribution in [0.15, 0.2) is 67.0 Å². The fraction of sp³-hybridized carbons (Fsp3) is 0.0526. The van der Waals surface area contributed by atoms with Crippen molar-refractivity contribution in [3.8, 4) is 0 Å². The van der Waals surface area contributed by atoms with E-state index in [1.807, 2.05) is 30.3 Å². The third-order valence-corrected chi connectivity index (χ3v) is 3.90. The van der Waals surface area contributed by atoms with Gasteiger partial charge < -0.3 is 10.6 Å². The lowest BCUT2D eigenvalue weighted by molar-refractivity contribution is 0.102. The van der Waals surface area contributed by atoms with E-state index in [-0.39, 0.29) is 5.91 Å². The Bertz CT molecular complexity index is 865. The number of anilines is 2. The van der Waals surface area contributed by atoms with Gasteiger partial charge in [-0.05, 0) is 29.8 Å². The molecule has 1 heterocycles. The van der Waals surface area contributed by atoms with E-state index >= 15 is 0 Å². The number of benzene rings is 2. The predicted octanol–water partition coefficient (Wildman–Crippen LogP) is 5.25. The van der Waals surface area contributed by atoms with E-state index in [0.29, 0.717) is 27.8 Å². The van der Waals surface area contributed by atoms with Crippen LogP contribution < -0.4 is 10.6 Å². The summed E-state index contributed by atoms with van der Waals surface area (Å²) in [6, 6.07) is 16.6. The zero-order valence-corrected chi connectivity index (χ0v) is 14.7. The van der Waals surface area contributed by atoms with Gasteiger partial charge in [0.2, 0.25) is 0 Å². The van der Waals surface area contributed by atoms with Crippen LogP contribution in [0, 0.1) is 0 Å². The molecule has 2 N–H and O–H groups in total. The van der Waals surface area contributed by atoms with Gasteiger partial charge in [0.15, 0.2) is 0 Å². The molecule has 0 atom stereocenters. The summed E-state index contributed by atoms with van der Waals surface area (Å²) in [5.41, 5.74) is 2.88. The summed E-state index contributed by atoms with van der Waals surface area (Å²) in [4.78, 5) is 16.5. The number of pyridine rings is 1. The van der Waals surface area contributed by atoms with Crippen molar-refractivity contribution in [2.45, 2.75) is 6.54 Å². The maximum Gasteiger partial charge on any atom is 0.257 e. The molecule has 0 spiro atoms. The molecule has 0 saturated heterocycles. The van der Waals surface area contributed by atoms with Crippen LogP contribution in [-0.2, 0) is 6.54 Å². The Balaban J connectivity index is 1.68. The standard InChI is InChI=1S/C19H15Cl2N3O/c20-15-7-16(21)9-17(8-15)24-19(25)14-6-18(12-22-11-14)23-10-13-4-2-1-3-5-13/h1-9,11-12,23H,10H2,(H,24,25).